The van der Waals surface area contributed by atoms with Crippen molar-refractivity contribution < 1.29 is 80.8 Å². The number of carboxylic acid groups (broad SMARTS) is 1. The Morgan fingerprint density at radius 3 is 0.991 bits per heavy atom. The van der Waals surface area contributed by atoms with E-state index in [2.05, 4.69) is 73.7 Å². The Morgan fingerprint density at radius 1 is 0.445 bits per heavy atom. The largest absolute Gasteiger partial charge is 0.480 e. The topological polar surface area (TPSA) is 317 Å². The summed E-state index contributed by atoms with van der Waals surface area (Å²) in [5, 5.41) is 25.2. The van der Waals surface area contributed by atoms with Gasteiger partial charge in [-0.25, -0.2) is 30.0 Å². The number of esters is 2. The van der Waals surface area contributed by atoms with Gasteiger partial charge >= 0.3 is 36.2 Å². The Kier molecular flexibility index (Phi) is 36.2. The zero-order valence-electron chi connectivity index (χ0n) is 66.4. The van der Waals surface area contributed by atoms with Crippen LogP contribution in [0.5, 0.6) is 0 Å². The standard InChI is InChI=1S/C36H51Cl3N4O7Si.C31H42Cl3N3O6Si.C10H19NO4/c1-24(2)29(41-33(47)50-34(3,4)5)30(44)40-28(31(45)43-21-15-20-27(42-43)32(46)48-23-36(37,38)39)22-49-51(35(6,7)8,25-16-11-9-12-17-25)26-18-13-10-14-19-26;1-29(2,3)43-28(40)35-25(26(38)37-19-13-18-24(36-37)27(39)41-21-31(32,33)34)20-42-44(30(4,5)6,22-14-9-7-10-15-22)23-16-11-8-12-17-23;1-6(2)7(8(12)13)11-9(14)15-10(3,4)5/h9-14,16-19,24,27-29,42H,15,20-23H2,1-8H3,(H,40,44)(H,41,47);7-12,14-17,24-25,36H,13,18-21H2,1-6H3,(H,35,40);6-7H,1-5H3,(H,11,14)(H,12,13)/t27-,28-,29-;24-,25-;7-/m000/s1. The molecule has 2 saturated heterocycles. The number of carboxylic acids is 1. The summed E-state index contributed by atoms with van der Waals surface area (Å²) in [6, 6.07) is 33.7. The number of alkyl halides is 6. The van der Waals surface area contributed by atoms with E-state index in [4.69, 9.17) is 107 Å². The third-order valence-electron chi connectivity index (χ3n) is 16.8. The molecule has 2 fully saturated rings. The van der Waals surface area contributed by atoms with Crippen LogP contribution in [0, 0.1) is 11.8 Å². The number of hydrazine groups is 2. The molecule has 4 aromatic carbocycles. The van der Waals surface area contributed by atoms with E-state index >= 15 is 0 Å². The van der Waals surface area contributed by atoms with E-state index < -0.39 is 149 Å². The first-order chi connectivity index (χ1) is 50.7. The number of ether oxygens (including phenoxy) is 5. The van der Waals surface area contributed by atoms with E-state index in [0.29, 0.717) is 32.2 Å². The van der Waals surface area contributed by atoms with Crippen LogP contribution in [0.15, 0.2) is 121 Å². The molecule has 6 amide bonds. The summed E-state index contributed by atoms with van der Waals surface area (Å²) in [5.74, 6) is -4.59. The van der Waals surface area contributed by atoms with Crippen molar-refractivity contribution in [2.45, 2.75) is 228 Å². The lowest BCUT2D eigenvalue weighted by Gasteiger charge is -2.44. The molecule has 0 spiro atoms. The molecule has 2 heterocycles. The molecular formula is C77H112Cl6N8O17Si2. The van der Waals surface area contributed by atoms with Crippen molar-refractivity contribution in [1.29, 1.82) is 0 Å². The highest BCUT2D eigenvalue weighted by atomic mass is 35.6. The van der Waals surface area contributed by atoms with Gasteiger partial charge in [0.05, 0.1) is 13.2 Å². The molecule has 2 aliphatic rings. The van der Waals surface area contributed by atoms with Crippen molar-refractivity contribution >= 4 is 161 Å². The Bertz CT molecular complexity index is 3570. The second-order valence-electron chi connectivity index (χ2n) is 32.4. The Morgan fingerprint density at radius 2 is 0.727 bits per heavy atom. The Hall–Kier alpha value is -6.48. The first-order valence-electron chi connectivity index (χ1n) is 36.3. The van der Waals surface area contributed by atoms with Gasteiger partial charge in [0.1, 0.15) is 66.3 Å². The highest BCUT2D eigenvalue weighted by Crippen LogP contribution is 2.39. The molecule has 0 unspecified atom stereocenters. The smallest absolute Gasteiger partial charge is 0.408 e. The third kappa shape index (κ3) is 30.8. The SMILES string of the molecule is CC(C)(C)OC(=O)N[C@@H](CO[Si](c1ccccc1)(c1ccccc1)C(C)(C)C)C(=O)N1CCC[C@@H](C(=O)OCC(Cl)(Cl)Cl)N1.CC(C)[C@H](NC(=O)OC(C)(C)C)C(=O)N[C@@H](CO[Si](c1ccccc1)(c1ccccc1)C(C)(C)C)C(=O)N1CCC[C@@H](C(=O)OCC(Cl)(Cl)Cl)N1.CC(C)[C@H](NC(=O)OC(C)(C)C)C(=O)O. The van der Waals surface area contributed by atoms with E-state index in [1.165, 1.54) is 10.0 Å². The van der Waals surface area contributed by atoms with Crippen LogP contribution in [0.3, 0.4) is 0 Å². The van der Waals surface area contributed by atoms with E-state index in [0.717, 1.165) is 20.7 Å². The van der Waals surface area contributed by atoms with Gasteiger partial charge in [-0.1, -0.05) is 260 Å². The number of rotatable bonds is 24. The normalized spacial score (nSPS) is 16.5. The van der Waals surface area contributed by atoms with Crippen molar-refractivity contribution in [3.63, 3.8) is 0 Å². The second-order valence-corrected chi connectivity index (χ2v) is 46.0. The van der Waals surface area contributed by atoms with Crippen LogP contribution in [0.1, 0.15) is 157 Å². The summed E-state index contributed by atoms with van der Waals surface area (Å²) < 4.78 is 36.7. The van der Waals surface area contributed by atoms with Crippen molar-refractivity contribution in [2.75, 3.05) is 39.5 Å². The molecular weight excluding hydrogens is 1580 g/mol. The van der Waals surface area contributed by atoms with Crippen molar-refractivity contribution in [2.24, 2.45) is 11.8 Å². The molecule has 0 aliphatic carbocycles. The minimum Gasteiger partial charge on any atom is -0.480 e. The maximum absolute atomic E-state index is 14.4. The van der Waals surface area contributed by atoms with Gasteiger partial charge in [0.15, 0.2) is 0 Å². The molecule has 2 aliphatic heterocycles. The quantitative estimate of drug-likeness (QED) is 0.0148. The number of nitrogens with one attached hydrogen (secondary N) is 6. The van der Waals surface area contributed by atoms with Crippen molar-refractivity contribution in [3.8, 4) is 0 Å². The fourth-order valence-electron chi connectivity index (χ4n) is 12.0. The molecule has 33 heteroatoms. The van der Waals surface area contributed by atoms with E-state index in [9.17, 15) is 43.2 Å². The van der Waals surface area contributed by atoms with E-state index in [1.807, 2.05) is 121 Å². The van der Waals surface area contributed by atoms with Crippen LogP contribution < -0.4 is 52.9 Å². The van der Waals surface area contributed by atoms with E-state index in [-0.39, 0.29) is 36.6 Å². The maximum Gasteiger partial charge on any atom is 0.408 e. The van der Waals surface area contributed by atoms with Gasteiger partial charge < -0.3 is 58.9 Å². The number of nitrogens with zero attached hydrogens (tertiary/aromatic N) is 2. The fraction of sp³-hybridized carbons (Fsp3) is 0.571. The van der Waals surface area contributed by atoms with E-state index in [1.54, 1.807) is 90.0 Å². The van der Waals surface area contributed by atoms with Gasteiger partial charge in [0, 0.05) is 13.1 Å². The number of halogens is 6. The lowest BCUT2D eigenvalue weighted by molar-refractivity contribution is -0.154. The summed E-state index contributed by atoms with van der Waals surface area (Å²) >= 11 is 34.5. The van der Waals surface area contributed by atoms with Gasteiger partial charge in [-0.3, -0.25) is 34.0 Å². The van der Waals surface area contributed by atoms with Crippen molar-refractivity contribution in [1.82, 2.24) is 42.1 Å². The fourth-order valence-corrected chi connectivity index (χ4v) is 21.5. The lowest BCUT2D eigenvalue weighted by Crippen LogP contribution is -2.69. The molecule has 4 aromatic rings. The van der Waals surface area contributed by atoms with Gasteiger partial charge in [0.25, 0.3) is 28.4 Å². The summed E-state index contributed by atoms with van der Waals surface area (Å²) in [5.41, 5.74) is 3.66. The minimum absolute atomic E-state index is 0.147. The van der Waals surface area contributed by atoms with Gasteiger partial charge in [-0.2, -0.15) is 0 Å². The third-order valence-corrected chi connectivity index (χ3v) is 27.5. The molecule has 6 atom stereocenters. The van der Waals surface area contributed by atoms with Crippen LogP contribution in [-0.2, 0) is 61.3 Å². The first kappa shape index (κ1) is 95.9. The lowest BCUT2D eigenvalue weighted by atomic mass is 10.0. The predicted molar refractivity (Wildman–Crippen MR) is 434 cm³/mol. The zero-order valence-corrected chi connectivity index (χ0v) is 72.9. The molecule has 612 valence electrons. The molecule has 110 heavy (non-hydrogen) atoms. The second kappa shape index (κ2) is 41.5. The number of carbonyl (C=O) groups excluding carboxylic acids is 8. The number of hydrogen-bond acceptors (Lipinski definition) is 18. The van der Waals surface area contributed by atoms with Gasteiger partial charge in [-0.05, 0) is 131 Å². The monoisotopic (exact) mass is 1690 g/mol. The average Bonchev–Trinajstić information content (AvgIpc) is 0.751. The first-order valence-corrected chi connectivity index (χ1v) is 42.4. The summed E-state index contributed by atoms with van der Waals surface area (Å²) in [6.07, 6.45) is -0.505. The number of hydrogen-bond donors (Lipinski definition) is 7. The summed E-state index contributed by atoms with van der Waals surface area (Å²) in [6.45, 7) is 34.5. The van der Waals surface area contributed by atoms with Gasteiger partial charge in [-0.15, -0.1) is 0 Å². The van der Waals surface area contributed by atoms with Crippen LogP contribution in [0.25, 0.3) is 0 Å². The van der Waals surface area contributed by atoms with Crippen LogP contribution in [-0.4, -0.2) is 186 Å². The Labute approximate surface area is 680 Å². The number of aliphatic carboxylic acids is 1. The number of alkyl carbamates (subject to hydrolysis) is 3. The molecule has 0 saturated carbocycles. The summed E-state index contributed by atoms with van der Waals surface area (Å²) in [4.78, 5) is 116. The van der Waals surface area contributed by atoms with Gasteiger partial charge in [0.2, 0.25) is 13.5 Å². The van der Waals surface area contributed by atoms with Crippen LogP contribution >= 0.6 is 69.6 Å². The molecule has 6 rings (SSSR count). The van der Waals surface area contributed by atoms with Crippen LogP contribution in [0.4, 0.5) is 14.4 Å². The Balaban J connectivity index is 0.000000394. The average molecular weight is 1690 g/mol. The number of carbonyl (C=O) groups is 9. The van der Waals surface area contributed by atoms with Crippen LogP contribution in [0.2, 0.25) is 10.1 Å². The summed E-state index contributed by atoms with van der Waals surface area (Å²) in [7, 11) is -6.22. The molecule has 25 nitrogen and oxygen atoms in total. The molecule has 0 bridgehead atoms. The zero-order chi connectivity index (χ0) is 83.2. The minimum atomic E-state index is -3.16. The molecule has 0 radical (unpaired) electrons. The number of amides is 6. The predicted octanol–water partition coefficient (Wildman–Crippen LogP) is 11.5. The highest BCUT2D eigenvalue weighted by Gasteiger charge is 2.53. The molecule has 7 N–H and O–H groups in total. The molecule has 0 aromatic heterocycles. The maximum atomic E-state index is 14.4. The number of benzene rings is 4. The highest BCUT2D eigenvalue weighted by molar-refractivity contribution is 7.00. The van der Waals surface area contributed by atoms with Crippen molar-refractivity contribution in [3.05, 3.63) is 121 Å².